The lowest BCUT2D eigenvalue weighted by Gasteiger charge is -2.24. The van der Waals surface area contributed by atoms with E-state index >= 15 is 0 Å². The quantitative estimate of drug-likeness (QED) is 0.222. The Labute approximate surface area is 257 Å². The predicted molar refractivity (Wildman–Crippen MR) is 166 cm³/mol. The van der Waals surface area contributed by atoms with E-state index in [1.54, 1.807) is 31.2 Å². The van der Waals surface area contributed by atoms with E-state index in [-0.39, 0.29) is 40.6 Å². The van der Waals surface area contributed by atoms with Crippen LogP contribution in [0, 0.1) is 0 Å². The Morgan fingerprint density at radius 2 is 1.74 bits per heavy atom. The molecule has 1 amide bonds. The van der Waals surface area contributed by atoms with Gasteiger partial charge in [-0.3, -0.25) is 9.59 Å². The molecule has 3 N–H and O–H groups in total. The number of rotatable bonds is 9. The lowest BCUT2D eigenvalue weighted by Crippen LogP contribution is -2.27. The first-order valence-electron chi connectivity index (χ1n) is 14.3. The summed E-state index contributed by atoms with van der Waals surface area (Å²) in [4.78, 5) is 38.7. The molecule has 43 heavy (non-hydrogen) atoms. The van der Waals surface area contributed by atoms with Crippen molar-refractivity contribution in [3.63, 3.8) is 0 Å². The largest absolute Gasteiger partial charge is 0.507 e. The minimum absolute atomic E-state index is 0.0289. The maximum absolute atomic E-state index is 13.5. The summed E-state index contributed by atoms with van der Waals surface area (Å²) in [6, 6.07) is 4.63. The van der Waals surface area contributed by atoms with Gasteiger partial charge in [0.05, 0.1) is 27.4 Å². The third-order valence-electron chi connectivity index (χ3n) is 7.31. The maximum atomic E-state index is 13.5. The summed E-state index contributed by atoms with van der Waals surface area (Å²) in [5, 5.41) is 25.8. The number of benzene rings is 2. The summed E-state index contributed by atoms with van der Waals surface area (Å²) >= 11 is 4.15. The van der Waals surface area contributed by atoms with Crippen LogP contribution >= 0.6 is 12.6 Å². The first kappa shape index (κ1) is 33.6. The fraction of sp³-hybridized carbons (Fsp3) is 0.469. The van der Waals surface area contributed by atoms with Gasteiger partial charge in [-0.1, -0.05) is 12.2 Å². The topological polar surface area (TPSA) is 141 Å². The minimum Gasteiger partial charge on any atom is -0.507 e. The number of esters is 1. The molecule has 10 nitrogen and oxygen atoms in total. The molecule has 0 saturated carbocycles. The molecule has 11 heteroatoms. The lowest BCUT2D eigenvalue weighted by atomic mass is 9.84. The van der Waals surface area contributed by atoms with Crippen LogP contribution in [0.3, 0.4) is 0 Å². The molecule has 2 atom stereocenters. The van der Waals surface area contributed by atoms with Crippen molar-refractivity contribution in [2.24, 2.45) is 0 Å². The van der Waals surface area contributed by atoms with Gasteiger partial charge in [-0.25, -0.2) is 4.79 Å². The Morgan fingerprint density at radius 3 is 2.37 bits per heavy atom. The third kappa shape index (κ3) is 8.59. The molecule has 0 saturated heterocycles. The highest BCUT2D eigenvalue weighted by molar-refractivity contribution is 7.80. The smallest absolute Gasteiger partial charge is 0.342 e. The van der Waals surface area contributed by atoms with Crippen molar-refractivity contribution in [1.82, 2.24) is 5.32 Å². The van der Waals surface area contributed by atoms with Crippen LogP contribution < -0.4 is 19.5 Å². The van der Waals surface area contributed by atoms with Gasteiger partial charge in [-0.15, -0.1) is 0 Å². The van der Waals surface area contributed by atoms with Crippen molar-refractivity contribution in [2.75, 3.05) is 33.6 Å². The molecule has 0 fully saturated rings. The van der Waals surface area contributed by atoms with E-state index in [4.69, 9.17) is 18.9 Å². The Hall–Kier alpha value is -3.86. The second kappa shape index (κ2) is 16.1. The van der Waals surface area contributed by atoms with Gasteiger partial charge >= 0.3 is 5.97 Å². The monoisotopic (exact) mass is 615 g/mol. The summed E-state index contributed by atoms with van der Waals surface area (Å²) < 4.78 is 22.2. The SMILES string of the molecule is COc1cc(C(CC(=O)NCCS)c2c(O)cc3c(c2O)C(=O)O[C@@H](C)CCCC(=O)CCCC=C3)cc(OC)c1OC. The van der Waals surface area contributed by atoms with Crippen molar-refractivity contribution in [3.05, 3.63) is 46.5 Å². The van der Waals surface area contributed by atoms with Crippen LogP contribution in [0.5, 0.6) is 28.7 Å². The molecule has 3 rings (SSSR count). The number of cyclic esters (lactones) is 1. The summed E-state index contributed by atoms with van der Waals surface area (Å²) in [7, 11) is 4.37. The van der Waals surface area contributed by atoms with E-state index in [9.17, 15) is 24.6 Å². The molecule has 0 aromatic heterocycles. The number of methoxy groups -OCH3 is 3. The van der Waals surface area contributed by atoms with Crippen LogP contribution in [0.2, 0.25) is 0 Å². The highest BCUT2D eigenvalue weighted by Gasteiger charge is 2.32. The number of aromatic hydroxyl groups is 2. The summed E-state index contributed by atoms with van der Waals surface area (Å²) in [5.41, 5.74) is 0.558. The van der Waals surface area contributed by atoms with E-state index in [1.165, 1.54) is 27.4 Å². The number of amides is 1. The predicted octanol–water partition coefficient (Wildman–Crippen LogP) is 5.17. The average molecular weight is 616 g/mol. The van der Waals surface area contributed by atoms with Crippen LogP contribution in [0.4, 0.5) is 0 Å². The van der Waals surface area contributed by atoms with Gasteiger partial charge in [0.15, 0.2) is 11.5 Å². The van der Waals surface area contributed by atoms with E-state index in [0.29, 0.717) is 73.6 Å². The number of hydrogen-bond donors (Lipinski definition) is 4. The fourth-order valence-electron chi connectivity index (χ4n) is 5.16. The Bertz CT molecular complexity index is 1320. The molecule has 0 aliphatic carbocycles. The van der Waals surface area contributed by atoms with E-state index in [0.717, 1.165) is 0 Å². The zero-order chi connectivity index (χ0) is 31.5. The second-order valence-electron chi connectivity index (χ2n) is 10.4. The number of nitrogens with one attached hydrogen (secondary N) is 1. The summed E-state index contributed by atoms with van der Waals surface area (Å²) in [6.07, 6.45) is 5.83. The van der Waals surface area contributed by atoms with Crippen molar-refractivity contribution < 1.29 is 43.5 Å². The molecule has 1 unspecified atom stereocenters. The molecule has 0 radical (unpaired) electrons. The number of Topliss-reactive ketones (excluding diaryl/α,β-unsaturated/α-hetero) is 1. The third-order valence-corrected chi connectivity index (χ3v) is 7.54. The molecule has 1 heterocycles. The highest BCUT2D eigenvalue weighted by Crippen LogP contribution is 2.47. The number of allylic oxidation sites excluding steroid dienone is 1. The number of thiol groups is 1. The molecule has 2 aromatic rings. The molecule has 234 valence electrons. The summed E-state index contributed by atoms with van der Waals surface area (Å²) in [6.45, 7) is 2.04. The van der Waals surface area contributed by atoms with Crippen molar-refractivity contribution in [2.45, 2.75) is 63.9 Å². The molecule has 1 aliphatic heterocycles. The molecular weight excluding hydrogens is 574 g/mol. The maximum Gasteiger partial charge on any atom is 0.342 e. The van der Waals surface area contributed by atoms with Gasteiger partial charge in [0.1, 0.15) is 22.8 Å². The molecule has 0 spiro atoms. The Morgan fingerprint density at radius 1 is 1.07 bits per heavy atom. The van der Waals surface area contributed by atoms with Crippen molar-refractivity contribution in [3.8, 4) is 28.7 Å². The van der Waals surface area contributed by atoms with E-state index < -0.39 is 23.7 Å². The summed E-state index contributed by atoms with van der Waals surface area (Å²) in [5.74, 6) is -1.37. The van der Waals surface area contributed by atoms with E-state index in [1.807, 2.05) is 0 Å². The molecule has 1 aliphatic rings. The average Bonchev–Trinajstić information content (AvgIpc) is 2.97. The zero-order valence-electron chi connectivity index (χ0n) is 25.1. The Kier molecular flexibility index (Phi) is 12.6. The molecular formula is C32H41NO9S. The van der Waals surface area contributed by atoms with Crippen LogP contribution in [-0.4, -0.2) is 67.6 Å². The van der Waals surface area contributed by atoms with Crippen molar-refractivity contribution in [1.29, 1.82) is 0 Å². The number of phenols is 2. The Balaban J connectivity index is 2.23. The number of ether oxygens (including phenoxy) is 4. The highest BCUT2D eigenvalue weighted by atomic mass is 32.1. The standard InChI is InChI=1S/C32H41NO9S/c1-19-9-8-12-22(34)11-7-5-6-10-20-15-24(35)29(30(37)28(20)32(38)42-19)23(18-27(36)33-13-14-43)21-16-25(39-2)31(41-4)26(17-21)40-3/h6,10,15-17,19,23,35,37,43H,5,7-9,11-14,18H2,1-4H3,(H,33,36)/t19-,23?/m0/s1. The fourth-order valence-corrected chi connectivity index (χ4v) is 5.27. The normalized spacial score (nSPS) is 16.8. The minimum atomic E-state index is -0.938. The van der Waals surface area contributed by atoms with Crippen LogP contribution in [0.25, 0.3) is 6.08 Å². The van der Waals surface area contributed by atoms with Crippen molar-refractivity contribution >= 4 is 36.4 Å². The number of carbonyl (C=O) groups is 3. The first-order valence-corrected chi connectivity index (χ1v) is 14.9. The van der Waals surface area contributed by atoms with Gasteiger partial charge in [0.25, 0.3) is 0 Å². The number of carbonyl (C=O) groups excluding carboxylic acids is 3. The van der Waals surface area contributed by atoms with Gasteiger partial charge in [-0.2, -0.15) is 12.6 Å². The zero-order valence-corrected chi connectivity index (χ0v) is 26.0. The van der Waals surface area contributed by atoms with Gasteiger partial charge in [0, 0.05) is 43.0 Å². The lowest BCUT2D eigenvalue weighted by molar-refractivity contribution is -0.121. The van der Waals surface area contributed by atoms with Crippen LogP contribution in [0.15, 0.2) is 24.3 Å². The number of hydrogen-bond acceptors (Lipinski definition) is 10. The van der Waals surface area contributed by atoms with Gasteiger partial charge in [0.2, 0.25) is 11.7 Å². The van der Waals surface area contributed by atoms with Gasteiger partial charge < -0.3 is 34.5 Å². The number of fused-ring (bicyclic) bond motifs is 1. The first-order chi connectivity index (χ1) is 20.6. The van der Waals surface area contributed by atoms with Crippen LogP contribution in [-0.2, 0) is 14.3 Å². The van der Waals surface area contributed by atoms with E-state index in [2.05, 4.69) is 17.9 Å². The second-order valence-corrected chi connectivity index (χ2v) is 10.8. The number of phenolic OH excluding ortho intramolecular Hbond substituents is 2. The van der Waals surface area contributed by atoms with Crippen LogP contribution in [0.1, 0.15) is 84.8 Å². The van der Waals surface area contributed by atoms with Gasteiger partial charge in [-0.05, 0) is 61.9 Å². The molecule has 2 aromatic carbocycles. The molecule has 0 bridgehead atoms. The number of ketones is 1.